The lowest BCUT2D eigenvalue weighted by Gasteiger charge is -2.06. The number of ether oxygens (including phenoxy) is 1. The smallest absolute Gasteiger partial charge is 0.341 e. The molecule has 6 heteroatoms. The third kappa shape index (κ3) is 3.32. The maximum Gasteiger partial charge on any atom is 0.341 e. The van der Waals surface area contributed by atoms with E-state index in [2.05, 4.69) is 10.5 Å². The molecular formula is C13H14N2O4. The molecule has 1 heterocycles. The maximum atomic E-state index is 10.9. The van der Waals surface area contributed by atoms with Crippen molar-refractivity contribution in [2.45, 2.75) is 13.2 Å². The monoisotopic (exact) mass is 262 g/mol. The maximum absolute atomic E-state index is 10.9. The van der Waals surface area contributed by atoms with Crippen LogP contribution in [0.1, 0.15) is 21.7 Å². The van der Waals surface area contributed by atoms with Gasteiger partial charge >= 0.3 is 5.97 Å². The number of hydrogen-bond acceptors (Lipinski definition) is 5. The molecule has 0 aliphatic heterocycles. The number of carboxylic acids is 1. The molecule has 0 saturated heterocycles. The summed E-state index contributed by atoms with van der Waals surface area (Å²) >= 11 is 0. The van der Waals surface area contributed by atoms with E-state index in [4.69, 9.17) is 14.4 Å². The van der Waals surface area contributed by atoms with E-state index >= 15 is 0 Å². The van der Waals surface area contributed by atoms with E-state index < -0.39 is 5.97 Å². The fourth-order valence-electron chi connectivity index (χ4n) is 1.63. The molecule has 2 rings (SSSR count). The van der Waals surface area contributed by atoms with Gasteiger partial charge in [0.1, 0.15) is 5.56 Å². The van der Waals surface area contributed by atoms with E-state index in [1.165, 1.54) is 6.20 Å². The van der Waals surface area contributed by atoms with Crippen LogP contribution < -0.4 is 5.32 Å². The third-order valence-corrected chi connectivity index (χ3v) is 2.59. The molecular weight excluding hydrogens is 248 g/mol. The van der Waals surface area contributed by atoms with E-state index in [0.717, 1.165) is 11.3 Å². The Labute approximate surface area is 110 Å². The van der Waals surface area contributed by atoms with Crippen LogP contribution in [0.25, 0.3) is 0 Å². The van der Waals surface area contributed by atoms with Gasteiger partial charge in [-0.3, -0.25) is 0 Å². The molecule has 0 radical (unpaired) electrons. The van der Waals surface area contributed by atoms with Gasteiger partial charge in [0.2, 0.25) is 0 Å². The van der Waals surface area contributed by atoms with Crippen molar-refractivity contribution in [1.82, 2.24) is 5.16 Å². The molecule has 0 unspecified atom stereocenters. The van der Waals surface area contributed by atoms with Crippen molar-refractivity contribution in [1.29, 1.82) is 0 Å². The van der Waals surface area contributed by atoms with Crippen molar-refractivity contribution in [3.8, 4) is 0 Å². The Kier molecular flexibility index (Phi) is 4.15. The van der Waals surface area contributed by atoms with Crippen molar-refractivity contribution < 1.29 is 19.2 Å². The molecule has 0 amide bonds. The van der Waals surface area contributed by atoms with Crippen molar-refractivity contribution >= 4 is 11.7 Å². The number of aromatic carboxylic acids is 1. The topological polar surface area (TPSA) is 84.6 Å². The van der Waals surface area contributed by atoms with Gasteiger partial charge in [-0.25, -0.2) is 4.79 Å². The number of methoxy groups -OCH3 is 1. The zero-order chi connectivity index (χ0) is 13.7. The molecule has 0 atom stereocenters. The highest BCUT2D eigenvalue weighted by Crippen LogP contribution is 2.14. The van der Waals surface area contributed by atoms with Crippen molar-refractivity contribution in [2.75, 3.05) is 12.4 Å². The number of rotatable bonds is 6. The number of aromatic nitrogens is 1. The summed E-state index contributed by atoms with van der Waals surface area (Å²) in [5.74, 6) is -0.748. The second-order valence-corrected chi connectivity index (χ2v) is 3.95. The summed E-state index contributed by atoms with van der Waals surface area (Å²) in [7, 11) is 1.64. The second-order valence-electron chi connectivity index (χ2n) is 3.95. The van der Waals surface area contributed by atoms with Gasteiger partial charge in [0.05, 0.1) is 19.3 Å². The van der Waals surface area contributed by atoms with Crippen LogP contribution >= 0.6 is 0 Å². The molecule has 1 aromatic heterocycles. The summed E-state index contributed by atoms with van der Waals surface area (Å²) in [5.41, 5.74) is 2.01. The van der Waals surface area contributed by atoms with E-state index in [1.54, 1.807) is 7.11 Å². The molecule has 19 heavy (non-hydrogen) atoms. The average Bonchev–Trinajstić information content (AvgIpc) is 2.87. The molecule has 0 bridgehead atoms. The molecule has 6 nitrogen and oxygen atoms in total. The minimum Gasteiger partial charge on any atom is -0.478 e. The van der Waals surface area contributed by atoms with Crippen LogP contribution in [-0.4, -0.2) is 23.3 Å². The number of carbonyl (C=O) groups is 1. The van der Waals surface area contributed by atoms with Gasteiger partial charge < -0.3 is 19.7 Å². The fraction of sp³-hybridized carbons (Fsp3) is 0.231. The zero-order valence-corrected chi connectivity index (χ0v) is 10.4. The summed E-state index contributed by atoms with van der Waals surface area (Å²) in [5, 5.41) is 15.5. The Morgan fingerprint density at radius 2 is 2.16 bits per heavy atom. The largest absolute Gasteiger partial charge is 0.478 e. The lowest BCUT2D eigenvalue weighted by Crippen LogP contribution is -2.04. The molecule has 0 saturated carbocycles. The average molecular weight is 262 g/mol. The van der Waals surface area contributed by atoms with Gasteiger partial charge in [0.15, 0.2) is 5.76 Å². The minimum atomic E-state index is -1.05. The normalized spacial score (nSPS) is 10.4. The van der Waals surface area contributed by atoms with Gasteiger partial charge in [-0.15, -0.1) is 0 Å². The molecule has 2 N–H and O–H groups in total. The second kappa shape index (κ2) is 6.01. The number of carboxylic acid groups (broad SMARTS) is 1. The van der Waals surface area contributed by atoms with Crippen molar-refractivity contribution in [3.05, 3.63) is 47.3 Å². The highest BCUT2D eigenvalue weighted by molar-refractivity contribution is 5.88. The predicted octanol–water partition coefficient (Wildman–Crippen LogP) is 2.13. The first-order valence-electron chi connectivity index (χ1n) is 5.69. The quantitative estimate of drug-likeness (QED) is 0.829. The van der Waals surface area contributed by atoms with Gasteiger partial charge in [-0.05, 0) is 17.7 Å². The zero-order valence-electron chi connectivity index (χ0n) is 10.4. The van der Waals surface area contributed by atoms with Crippen molar-refractivity contribution in [3.63, 3.8) is 0 Å². The van der Waals surface area contributed by atoms with Crippen molar-refractivity contribution in [2.24, 2.45) is 0 Å². The van der Waals surface area contributed by atoms with Gasteiger partial charge in [-0.2, -0.15) is 0 Å². The lowest BCUT2D eigenvalue weighted by molar-refractivity contribution is 0.0694. The molecule has 0 spiro atoms. The third-order valence-electron chi connectivity index (χ3n) is 2.59. The summed E-state index contributed by atoms with van der Waals surface area (Å²) in [6.07, 6.45) is 1.20. The number of nitrogens with zero attached hydrogens (tertiary/aromatic N) is 1. The van der Waals surface area contributed by atoms with Crippen LogP contribution in [-0.2, 0) is 17.9 Å². The minimum absolute atomic E-state index is 0.0727. The lowest BCUT2D eigenvalue weighted by atomic mass is 10.2. The highest BCUT2D eigenvalue weighted by atomic mass is 16.5. The molecule has 1 aromatic carbocycles. The van der Waals surface area contributed by atoms with Crippen LogP contribution in [0.4, 0.5) is 5.69 Å². The van der Waals surface area contributed by atoms with Crippen LogP contribution in [0.3, 0.4) is 0 Å². The Morgan fingerprint density at radius 1 is 1.42 bits per heavy atom. The Bertz CT molecular complexity index is 548. The Balaban J connectivity index is 1.98. The number of nitrogens with one attached hydrogen (secondary N) is 1. The van der Waals surface area contributed by atoms with E-state index in [-0.39, 0.29) is 12.1 Å². The molecule has 0 aliphatic rings. The number of anilines is 1. The number of hydrogen-bond donors (Lipinski definition) is 2. The summed E-state index contributed by atoms with van der Waals surface area (Å²) in [4.78, 5) is 10.9. The van der Waals surface area contributed by atoms with E-state index in [9.17, 15) is 4.79 Å². The molecule has 0 aliphatic carbocycles. The van der Waals surface area contributed by atoms with Crippen LogP contribution in [0, 0.1) is 0 Å². The summed E-state index contributed by atoms with van der Waals surface area (Å²) in [6, 6.07) is 7.66. The first-order valence-corrected chi connectivity index (χ1v) is 5.69. The van der Waals surface area contributed by atoms with Crippen LogP contribution in [0.2, 0.25) is 0 Å². The highest BCUT2D eigenvalue weighted by Gasteiger charge is 2.14. The predicted molar refractivity (Wildman–Crippen MR) is 67.9 cm³/mol. The molecule has 2 aromatic rings. The standard InChI is InChI=1S/C13H14N2O4/c1-18-8-9-2-4-10(5-3-9)14-7-12-11(13(16)17)6-15-19-12/h2-6,14H,7-8H2,1H3,(H,16,17). The van der Waals surface area contributed by atoms with Crippen LogP contribution in [0.5, 0.6) is 0 Å². The Morgan fingerprint density at radius 3 is 2.79 bits per heavy atom. The summed E-state index contributed by atoms with van der Waals surface area (Å²) < 4.78 is 9.92. The first-order chi connectivity index (χ1) is 9.20. The van der Waals surface area contributed by atoms with E-state index in [0.29, 0.717) is 12.4 Å². The molecule has 0 fully saturated rings. The molecule has 100 valence electrons. The van der Waals surface area contributed by atoms with E-state index in [1.807, 2.05) is 24.3 Å². The first kappa shape index (κ1) is 13.1. The van der Waals surface area contributed by atoms with Gasteiger partial charge in [-0.1, -0.05) is 17.3 Å². The Hall–Kier alpha value is -2.34. The van der Waals surface area contributed by atoms with Crippen LogP contribution in [0.15, 0.2) is 35.0 Å². The number of benzene rings is 1. The van der Waals surface area contributed by atoms with Gasteiger partial charge in [0, 0.05) is 12.8 Å². The summed E-state index contributed by atoms with van der Waals surface area (Å²) in [6.45, 7) is 0.830. The SMILES string of the molecule is COCc1ccc(NCc2oncc2C(=O)O)cc1. The fourth-order valence-corrected chi connectivity index (χ4v) is 1.63. The van der Waals surface area contributed by atoms with Gasteiger partial charge in [0.25, 0.3) is 0 Å².